The Bertz CT molecular complexity index is 295. The zero-order valence-electron chi connectivity index (χ0n) is 10.9. The van der Waals surface area contributed by atoms with E-state index in [1.165, 1.54) is 12.8 Å². The normalized spacial score (nSPS) is 15.0. The van der Waals surface area contributed by atoms with Crippen molar-refractivity contribution in [1.82, 2.24) is 20.1 Å². The van der Waals surface area contributed by atoms with Crippen LogP contribution in [-0.2, 0) is 13.6 Å². The fourth-order valence-electron chi connectivity index (χ4n) is 1.75. The van der Waals surface area contributed by atoms with E-state index < -0.39 is 0 Å². The second kappa shape index (κ2) is 6.63. The number of hydrogen-bond acceptors (Lipinski definition) is 3. The minimum atomic E-state index is 0.582. The van der Waals surface area contributed by atoms with Crippen LogP contribution in [-0.4, -0.2) is 20.8 Å². The van der Waals surface area contributed by atoms with Gasteiger partial charge in [0.2, 0.25) is 0 Å². The average molecular weight is 224 g/mol. The molecule has 0 fully saturated rings. The van der Waals surface area contributed by atoms with Crippen LogP contribution in [0.4, 0.5) is 0 Å². The zero-order chi connectivity index (χ0) is 12.0. The number of aryl methyl sites for hydroxylation is 1. The second-order valence-electron chi connectivity index (χ2n) is 4.57. The number of nitrogens with zero attached hydrogens (tertiary/aromatic N) is 3. The van der Waals surface area contributed by atoms with Crippen LogP contribution in [0.5, 0.6) is 0 Å². The maximum atomic E-state index is 4.26. The molecule has 1 rings (SSSR count). The van der Waals surface area contributed by atoms with Gasteiger partial charge in [-0.1, -0.05) is 27.2 Å². The predicted molar refractivity (Wildman–Crippen MR) is 66.0 cm³/mol. The minimum Gasteiger partial charge on any atom is -0.307 e. The van der Waals surface area contributed by atoms with Crippen LogP contribution in [0.1, 0.15) is 45.9 Å². The van der Waals surface area contributed by atoms with Gasteiger partial charge < -0.3 is 5.32 Å². The van der Waals surface area contributed by atoms with Crippen LogP contribution in [0.3, 0.4) is 0 Å². The van der Waals surface area contributed by atoms with Crippen molar-refractivity contribution < 1.29 is 0 Å². The first-order valence-electron chi connectivity index (χ1n) is 6.23. The minimum absolute atomic E-state index is 0.582. The van der Waals surface area contributed by atoms with E-state index in [4.69, 9.17) is 0 Å². The molecule has 4 nitrogen and oxygen atoms in total. The van der Waals surface area contributed by atoms with Gasteiger partial charge in [0, 0.05) is 13.1 Å². The van der Waals surface area contributed by atoms with Crippen molar-refractivity contribution >= 4 is 0 Å². The van der Waals surface area contributed by atoms with E-state index in [9.17, 15) is 0 Å². The molecule has 0 amide bonds. The van der Waals surface area contributed by atoms with Crippen LogP contribution in [0, 0.1) is 5.92 Å². The lowest BCUT2D eigenvalue weighted by Gasteiger charge is -2.19. The Morgan fingerprint density at radius 2 is 2.12 bits per heavy atom. The highest BCUT2D eigenvalue weighted by molar-refractivity contribution is 4.82. The number of nitrogens with one attached hydrogen (secondary N) is 1. The highest BCUT2D eigenvalue weighted by Crippen LogP contribution is 2.12. The molecule has 92 valence electrons. The second-order valence-corrected chi connectivity index (χ2v) is 4.57. The third-order valence-electron chi connectivity index (χ3n) is 3.07. The smallest absolute Gasteiger partial charge is 0.164 e. The van der Waals surface area contributed by atoms with Crippen LogP contribution in [0.25, 0.3) is 0 Å². The van der Waals surface area contributed by atoms with Crippen LogP contribution in [0.15, 0.2) is 6.33 Å². The maximum Gasteiger partial charge on any atom is 0.164 e. The van der Waals surface area contributed by atoms with Gasteiger partial charge in [0.05, 0.1) is 6.54 Å². The van der Waals surface area contributed by atoms with Crippen LogP contribution in [0.2, 0.25) is 0 Å². The molecule has 0 aliphatic heterocycles. The van der Waals surface area contributed by atoms with Gasteiger partial charge in [-0.15, -0.1) is 0 Å². The van der Waals surface area contributed by atoms with Gasteiger partial charge in [-0.2, -0.15) is 5.10 Å². The molecule has 1 heterocycles. The molecule has 1 aromatic heterocycles. The summed E-state index contributed by atoms with van der Waals surface area (Å²) in [5, 5.41) is 7.79. The van der Waals surface area contributed by atoms with Crippen LogP contribution < -0.4 is 5.32 Å². The van der Waals surface area contributed by atoms with Crippen molar-refractivity contribution in [3.8, 4) is 0 Å². The van der Waals surface area contributed by atoms with Gasteiger partial charge >= 0.3 is 0 Å². The Kier molecular flexibility index (Phi) is 5.46. The van der Waals surface area contributed by atoms with E-state index in [0.717, 1.165) is 24.7 Å². The molecule has 0 aromatic carbocycles. The van der Waals surface area contributed by atoms with Gasteiger partial charge in [0.1, 0.15) is 6.33 Å². The molecule has 1 aromatic rings. The monoisotopic (exact) mass is 224 g/mol. The summed E-state index contributed by atoms with van der Waals surface area (Å²) in [6.45, 7) is 7.56. The highest BCUT2D eigenvalue weighted by Gasteiger charge is 2.10. The molecular weight excluding hydrogens is 200 g/mol. The molecule has 0 saturated heterocycles. The molecule has 2 atom stereocenters. The molecule has 4 heteroatoms. The van der Waals surface area contributed by atoms with Gasteiger partial charge in [-0.25, -0.2) is 4.98 Å². The highest BCUT2D eigenvalue weighted by atomic mass is 15.3. The third kappa shape index (κ3) is 4.31. The maximum absolute atomic E-state index is 4.26. The Morgan fingerprint density at radius 3 is 2.62 bits per heavy atom. The molecule has 16 heavy (non-hydrogen) atoms. The van der Waals surface area contributed by atoms with Crippen molar-refractivity contribution in [2.75, 3.05) is 0 Å². The van der Waals surface area contributed by atoms with E-state index in [1.807, 2.05) is 7.05 Å². The molecular formula is C12H24N4. The lowest BCUT2D eigenvalue weighted by molar-refractivity contribution is 0.381. The first-order valence-corrected chi connectivity index (χ1v) is 6.23. The fourth-order valence-corrected chi connectivity index (χ4v) is 1.75. The standard InChI is InChI=1S/C12H24N4/c1-5-10(3)7-11(6-2)13-8-12-14-9-16(4)15-12/h9-11,13H,5-8H2,1-4H3. The predicted octanol–water partition coefficient (Wildman–Crippen LogP) is 2.12. The summed E-state index contributed by atoms with van der Waals surface area (Å²) < 4.78 is 1.74. The van der Waals surface area contributed by atoms with Crippen molar-refractivity contribution in [3.05, 3.63) is 12.2 Å². The van der Waals surface area contributed by atoms with E-state index in [0.29, 0.717) is 6.04 Å². The first-order chi connectivity index (χ1) is 7.65. The van der Waals surface area contributed by atoms with Crippen molar-refractivity contribution in [2.45, 2.75) is 52.6 Å². The van der Waals surface area contributed by atoms with E-state index in [-0.39, 0.29) is 0 Å². The lowest BCUT2D eigenvalue weighted by atomic mass is 9.98. The summed E-state index contributed by atoms with van der Waals surface area (Å²) in [4.78, 5) is 4.21. The van der Waals surface area contributed by atoms with Crippen molar-refractivity contribution in [2.24, 2.45) is 13.0 Å². The number of hydrogen-bond donors (Lipinski definition) is 1. The topological polar surface area (TPSA) is 42.7 Å². The number of aromatic nitrogens is 3. The molecule has 0 saturated carbocycles. The molecule has 0 aliphatic rings. The van der Waals surface area contributed by atoms with E-state index >= 15 is 0 Å². The van der Waals surface area contributed by atoms with Gasteiger partial charge in [0.25, 0.3) is 0 Å². The Labute approximate surface area is 98.5 Å². The lowest BCUT2D eigenvalue weighted by Crippen LogP contribution is -2.30. The summed E-state index contributed by atoms with van der Waals surface area (Å²) in [5.74, 6) is 1.67. The Balaban J connectivity index is 2.33. The van der Waals surface area contributed by atoms with Gasteiger partial charge in [-0.3, -0.25) is 4.68 Å². The zero-order valence-corrected chi connectivity index (χ0v) is 10.9. The van der Waals surface area contributed by atoms with Gasteiger partial charge in [-0.05, 0) is 18.8 Å². The van der Waals surface area contributed by atoms with E-state index in [1.54, 1.807) is 11.0 Å². The molecule has 0 spiro atoms. The molecule has 2 unspecified atom stereocenters. The number of rotatable bonds is 7. The average Bonchev–Trinajstić information content (AvgIpc) is 2.69. The largest absolute Gasteiger partial charge is 0.307 e. The Hall–Kier alpha value is -0.900. The summed E-state index contributed by atoms with van der Waals surface area (Å²) in [5.41, 5.74) is 0. The molecule has 0 aliphatic carbocycles. The third-order valence-corrected chi connectivity index (χ3v) is 3.07. The van der Waals surface area contributed by atoms with Crippen LogP contribution >= 0.6 is 0 Å². The summed E-state index contributed by atoms with van der Waals surface area (Å²) in [6, 6.07) is 0.582. The quantitative estimate of drug-likeness (QED) is 0.771. The Morgan fingerprint density at radius 1 is 1.38 bits per heavy atom. The summed E-state index contributed by atoms with van der Waals surface area (Å²) in [7, 11) is 1.90. The first kappa shape index (κ1) is 13.2. The summed E-state index contributed by atoms with van der Waals surface area (Å²) >= 11 is 0. The van der Waals surface area contributed by atoms with Gasteiger partial charge in [0.15, 0.2) is 5.82 Å². The van der Waals surface area contributed by atoms with Crippen molar-refractivity contribution in [1.29, 1.82) is 0 Å². The fraction of sp³-hybridized carbons (Fsp3) is 0.833. The molecule has 0 radical (unpaired) electrons. The van der Waals surface area contributed by atoms with E-state index in [2.05, 4.69) is 36.2 Å². The summed E-state index contributed by atoms with van der Waals surface area (Å²) in [6.07, 6.45) is 5.39. The molecule has 0 bridgehead atoms. The van der Waals surface area contributed by atoms with Crippen molar-refractivity contribution in [3.63, 3.8) is 0 Å². The molecule has 1 N–H and O–H groups in total. The SMILES string of the molecule is CCC(C)CC(CC)NCc1ncn(C)n1.